The van der Waals surface area contributed by atoms with E-state index >= 15 is 0 Å². The number of hydrogen-bond acceptors (Lipinski definition) is 6. The molecule has 33 heavy (non-hydrogen) atoms. The number of carbonyl (C=O) groups is 2. The molecule has 8 heteroatoms. The number of fused-ring (bicyclic) bond motifs is 1. The highest BCUT2D eigenvalue weighted by atomic mass is 32.1. The van der Waals surface area contributed by atoms with E-state index in [-0.39, 0.29) is 5.70 Å². The predicted octanol–water partition coefficient (Wildman–Crippen LogP) is 5.43. The molecule has 0 saturated heterocycles. The Kier molecular flexibility index (Phi) is 6.37. The molecule has 4 rings (SSSR count). The number of carbonyl (C=O) groups excluding carboxylic acids is 1. The summed E-state index contributed by atoms with van der Waals surface area (Å²) in [4.78, 5) is 27.9. The fraction of sp³-hybridized carbons (Fsp3) is 0.0800. The van der Waals surface area contributed by atoms with Crippen LogP contribution in [0.15, 0.2) is 78.5 Å². The van der Waals surface area contributed by atoms with Crippen molar-refractivity contribution < 1.29 is 19.4 Å². The van der Waals surface area contributed by atoms with E-state index in [0.29, 0.717) is 5.56 Å². The number of aromatic nitrogens is 1. The van der Waals surface area contributed by atoms with Gasteiger partial charge in [-0.15, -0.1) is 0 Å². The first-order valence-corrected chi connectivity index (χ1v) is 10.9. The van der Waals surface area contributed by atoms with Crippen molar-refractivity contribution in [1.29, 1.82) is 0 Å². The summed E-state index contributed by atoms with van der Waals surface area (Å²) in [5, 5.41) is 15.6. The number of carboxylic acid groups (broad SMARTS) is 1. The molecule has 4 aromatic rings. The molecule has 166 valence electrons. The molecule has 3 N–H and O–H groups in total. The number of methoxy groups -OCH3 is 1. The summed E-state index contributed by atoms with van der Waals surface area (Å²) < 4.78 is 6.31. The van der Waals surface area contributed by atoms with Gasteiger partial charge in [0.1, 0.15) is 11.4 Å². The van der Waals surface area contributed by atoms with Gasteiger partial charge in [-0.05, 0) is 60.5 Å². The molecule has 0 aliphatic rings. The lowest BCUT2D eigenvalue weighted by atomic mass is 10.0. The molecule has 1 heterocycles. The molecule has 0 aliphatic heterocycles. The Morgan fingerprint density at radius 3 is 2.27 bits per heavy atom. The molecule has 0 bridgehead atoms. The molecule has 0 fully saturated rings. The van der Waals surface area contributed by atoms with Crippen LogP contribution in [-0.4, -0.2) is 29.1 Å². The zero-order chi connectivity index (χ0) is 23.4. The molecule has 7 nitrogen and oxygen atoms in total. The van der Waals surface area contributed by atoms with Gasteiger partial charge in [-0.1, -0.05) is 41.7 Å². The number of thiazole rings is 1. The number of hydrogen-bond donors (Lipinski definition) is 3. The Morgan fingerprint density at radius 1 is 1.00 bits per heavy atom. The molecule has 1 amide bonds. The number of rotatable bonds is 7. The maximum Gasteiger partial charge on any atom is 0.352 e. The first kappa shape index (κ1) is 22.0. The number of benzene rings is 3. The topological polar surface area (TPSA) is 101 Å². The third kappa shape index (κ3) is 5.02. The Bertz CT molecular complexity index is 1340. The van der Waals surface area contributed by atoms with Crippen LogP contribution in [0.25, 0.3) is 21.3 Å². The number of allylic oxidation sites excluding steroid dienone is 1. The van der Waals surface area contributed by atoms with Gasteiger partial charge in [0.15, 0.2) is 5.13 Å². The minimum Gasteiger partial charge on any atom is -0.497 e. The number of amides is 1. The summed E-state index contributed by atoms with van der Waals surface area (Å²) in [5.41, 5.74) is 3.97. The second-order valence-electron chi connectivity index (χ2n) is 7.09. The second kappa shape index (κ2) is 9.54. The van der Waals surface area contributed by atoms with E-state index in [1.165, 1.54) is 6.08 Å². The van der Waals surface area contributed by atoms with Crippen molar-refractivity contribution in [2.24, 2.45) is 0 Å². The SMILES string of the molecule is C/C=C(/NC(=O)c1ccc(-c2ccc(Nc3nc4ccc(OC)cc4s3)cc2)cc1)C(=O)O. The Morgan fingerprint density at radius 2 is 1.67 bits per heavy atom. The molecule has 1 aromatic heterocycles. The largest absolute Gasteiger partial charge is 0.497 e. The predicted molar refractivity (Wildman–Crippen MR) is 130 cm³/mol. The van der Waals surface area contributed by atoms with E-state index in [4.69, 9.17) is 9.84 Å². The van der Waals surface area contributed by atoms with Crippen LogP contribution in [0, 0.1) is 0 Å². The number of carboxylic acids is 1. The van der Waals surface area contributed by atoms with Crippen molar-refractivity contribution in [2.45, 2.75) is 6.92 Å². The zero-order valence-corrected chi connectivity index (χ0v) is 18.8. The molecule has 0 saturated carbocycles. The smallest absolute Gasteiger partial charge is 0.352 e. The average Bonchev–Trinajstić information content (AvgIpc) is 3.24. The van der Waals surface area contributed by atoms with Crippen LogP contribution >= 0.6 is 11.3 Å². The van der Waals surface area contributed by atoms with Crippen LogP contribution in [0.2, 0.25) is 0 Å². The van der Waals surface area contributed by atoms with E-state index in [9.17, 15) is 9.59 Å². The summed E-state index contributed by atoms with van der Waals surface area (Å²) >= 11 is 1.55. The zero-order valence-electron chi connectivity index (χ0n) is 18.0. The van der Waals surface area contributed by atoms with Gasteiger partial charge in [0.2, 0.25) is 0 Å². The summed E-state index contributed by atoms with van der Waals surface area (Å²) in [6, 6.07) is 20.7. The molecule has 0 atom stereocenters. The first-order chi connectivity index (χ1) is 16.0. The van der Waals surface area contributed by atoms with Crippen LogP contribution < -0.4 is 15.4 Å². The molecule has 0 spiro atoms. The van der Waals surface area contributed by atoms with Gasteiger partial charge in [-0.3, -0.25) is 4.79 Å². The average molecular weight is 460 g/mol. The summed E-state index contributed by atoms with van der Waals surface area (Å²) in [5.74, 6) is -0.846. The second-order valence-corrected chi connectivity index (χ2v) is 8.12. The minimum atomic E-state index is -1.18. The molecule has 0 radical (unpaired) electrons. The van der Waals surface area contributed by atoms with Crippen LogP contribution in [0.4, 0.5) is 10.8 Å². The van der Waals surface area contributed by atoms with Crippen molar-refractivity contribution in [1.82, 2.24) is 10.3 Å². The van der Waals surface area contributed by atoms with E-state index in [1.807, 2.05) is 54.6 Å². The molecular weight excluding hydrogens is 438 g/mol. The van der Waals surface area contributed by atoms with E-state index in [1.54, 1.807) is 37.5 Å². The van der Waals surface area contributed by atoms with Crippen LogP contribution in [0.1, 0.15) is 17.3 Å². The van der Waals surface area contributed by atoms with Crippen LogP contribution in [-0.2, 0) is 4.79 Å². The normalized spacial score (nSPS) is 11.3. The van der Waals surface area contributed by atoms with Crippen molar-refractivity contribution in [3.63, 3.8) is 0 Å². The van der Waals surface area contributed by atoms with E-state index in [2.05, 4.69) is 15.6 Å². The molecule has 0 aliphatic carbocycles. The number of anilines is 2. The minimum absolute atomic E-state index is 0.153. The molecular formula is C25H21N3O4S. The fourth-order valence-electron chi connectivity index (χ4n) is 3.21. The quantitative estimate of drug-likeness (QED) is 0.319. The Hall–Kier alpha value is -4.17. The fourth-order valence-corrected chi connectivity index (χ4v) is 4.13. The van der Waals surface area contributed by atoms with Gasteiger partial charge in [0, 0.05) is 11.3 Å². The summed E-state index contributed by atoms with van der Waals surface area (Å²) in [6.07, 6.45) is 1.34. The lowest BCUT2D eigenvalue weighted by Crippen LogP contribution is -2.27. The monoisotopic (exact) mass is 459 g/mol. The van der Waals surface area contributed by atoms with Gasteiger partial charge >= 0.3 is 5.97 Å². The maximum atomic E-state index is 12.2. The highest BCUT2D eigenvalue weighted by molar-refractivity contribution is 7.22. The maximum absolute atomic E-state index is 12.2. The summed E-state index contributed by atoms with van der Waals surface area (Å²) in [6.45, 7) is 1.55. The number of aliphatic carboxylic acids is 1. The van der Waals surface area contributed by atoms with Gasteiger partial charge < -0.3 is 20.5 Å². The van der Waals surface area contributed by atoms with Crippen LogP contribution in [0.3, 0.4) is 0 Å². The lowest BCUT2D eigenvalue weighted by Gasteiger charge is -2.08. The number of ether oxygens (including phenoxy) is 1. The third-order valence-corrected chi connectivity index (χ3v) is 5.91. The van der Waals surface area contributed by atoms with Crippen molar-refractivity contribution in [3.05, 3.63) is 84.1 Å². The van der Waals surface area contributed by atoms with Gasteiger partial charge in [0.25, 0.3) is 5.91 Å². The molecule has 0 unspecified atom stereocenters. The highest BCUT2D eigenvalue weighted by Crippen LogP contribution is 2.31. The first-order valence-electron chi connectivity index (χ1n) is 10.1. The van der Waals surface area contributed by atoms with Crippen LogP contribution in [0.5, 0.6) is 5.75 Å². The summed E-state index contributed by atoms with van der Waals surface area (Å²) in [7, 11) is 1.64. The highest BCUT2D eigenvalue weighted by Gasteiger charge is 2.12. The van der Waals surface area contributed by atoms with Gasteiger partial charge in [0.05, 0.1) is 17.3 Å². The van der Waals surface area contributed by atoms with Crippen molar-refractivity contribution >= 4 is 44.2 Å². The number of nitrogens with zero attached hydrogens (tertiary/aromatic N) is 1. The Balaban J connectivity index is 1.45. The Labute approximate surface area is 194 Å². The van der Waals surface area contributed by atoms with Gasteiger partial charge in [-0.2, -0.15) is 0 Å². The van der Waals surface area contributed by atoms with Crippen molar-refractivity contribution in [2.75, 3.05) is 12.4 Å². The van der Waals surface area contributed by atoms with Gasteiger partial charge in [-0.25, -0.2) is 9.78 Å². The number of nitrogens with one attached hydrogen (secondary N) is 2. The van der Waals surface area contributed by atoms with E-state index < -0.39 is 11.9 Å². The molecule has 3 aromatic carbocycles. The standard InChI is InChI=1S/C25H21N3O4S/c1-3-20(24(30)31)27-23(29)17-6-4-15(5-7-17)16-8-10-18(11-9-16)26-25-28-21-13-12-19(32-2)14-22(21)33-25/h3-14H,1-2H3,(H,26,28)(H,27,29)(H,30,31)/b20-3+. The lowest BCUT2D eigenvalue weighted by molar-refractivity contribution is -0.133. The third-order valence-electron chi connectivity index (χ3n) is 4.98. The van der Waals surface area contributed by atoms with Crippen molar-refractivity contribution in [3.8, 4) is 16.9 Å². The van der Waals surface area contributed by atoms with E-state index in [0.717, 1.165) is 37.9 Å².